The van der Waals surface area contributed by atoms with Gasteiger partial charge in [-0.3, -0.25) is 9.35 Å². The van der Waals surface area contributed by atoms with Crippen molar-refractivity contribution in [2.45, 2.75) is 286 Å². The zero-order valence-corrected chi connectivity index (χ0v) is 50.5. The average Bonchev–Trinajstić information content (AvgIpc) is 1.75. The molecule has 34 atom stereocenters. The van der Waals surface area contributed by atoms with E-state index in [1.165, 1.54) is 33.3 Å². The van der Waals surface area contributed by atoms with E-state index >= 15 is 0 Å². The van der Waals surface area contributed by atoms with Crippen molar-refractivity contribution < 1.29 is 131 Å². The summed E-state index contributed by atoms with van der Waals surface area (Å²) in [6, 6.07) is 0. The Morgan fingerprint density at radius 3 is 1.66 bits per heavy atom. The highest BCUT2D eigenvalue weighted by molar-refractivity contribution is 7.80. The lowest BCUT2D eigenvalue weighted by atomic mass is 9.47. The number of carbonyl (C=O) groups is 1. The molecule has 9 aliphatic rings. The van der Waals surface area contributed by atoms with Gasteiger partial charge in [0.1, 0.15) is 103 Å². The predicted octanol–water partition coefficient (Wildman–Crippen LogP) is -1.40. The molecule has 9 rings (SSSR count). The number of rotatable bonds is 18. The van der Waals surface area contributed by atoms with Crippen LogP contribution in [-0.2, 0) is 66.7 Å². The lowest BCUT2D eigenvalue weighted by Gasteiger charge is -2.59. The molecule has 5 aliphatic heterocycles. The molecule has 0 spiro atoms. The van der Waals surface area contributed by atoms with Crippen molar-refractivity contribution in [3.8, 4) is 0 Å². The smallest absolute Gasteiger partial charge is 0.394 e. The van der Waals surface area contributed by atoms with Crippen LogP contribution in [0.25, 0.3) is 0 Å². The van der Waals surface area contributed by atoms with Gasteiger partial charge in [-0.15, -0.1) is 0 Å². The molecule has 5 heterocycles. The summed E-state index contributed by atoms with van der Waals surface area (Å²) >= 11 is 0. The quantitative estimate of drug-likeness (QED) is 0.0554. The van der Waals surface area contributed by atoms with Gasteiger partial charge < -0.3 is 109 Å². The summed E-state index contributed by atoms with van der Waals surface area (Å²) in [4.78, 5) is 13.2. The van der Waals surface area contributed by atoms with E-state index in [4.69, 9.17) is 51.6 Å². The van der Waals surface area contributed by atoms with Gasteiger partial charge in [-0.25, -0.2) is 4.18 Å². The Balaban J connectivity index is 0.997. The molecule has 490 valence electrons. The topological polar surface area (TPSA) is 416 Å². The number of hydrogen-bond donors (Lipinski definition) is 13. The van der Waals surface area contributed by atoms with Crippen LogP contribution in [0.2, 0.25) is 0 Å². The third-order valence-corrected chi connectivity index (χ3v) is 21.1. The fourth-order valence-corrected chi connectivity index (χ4v) is 16.5. The highest BCUT2D eigenvalue weighted by Gasteiger charge is 2.63. The summed E-state index contributed by atoms with van der Waals surface area (Å²) in [5.41, 5.74) is 0.394. The van der Waals surface area contributed by atoms with Crippen molar-refractivity contribution in [2.24, 2.45) is 46.3 Å². The lowest BCUT2D eigenvalue weighted by molar-refractivity contribution is -0.406. The van der Waals surface area contributed by atoms with E-state index in [1.807, 2.05) is 13.8 Å². The normalized spacial score (nSPS) is 51.8. The van der Waals surface area contributed by atoms with E-state index in [0.29, 0.717) is 25.7 Å². The summed E-state index contributed by atoms with van der Waals surface area (Å²) in [6.45, 7) is 15.4. The van der Waals surface area contributed by atoms with Crippen LogP contribution in [0.5, 0.6) is 0 Å². The van der Waals surface area contributed by atoms with E-state index in [1.54, 1.807) is 0 Å². The maximum Gasteiger partial charge on any atom is 0.397 e. The number of allylic oxidation sites excluding steroid dienone is 2. The van der Waals surface area contributed by atoms with Gasteiger partial charge in [0, 0.05) is 12.8 Å². The van der Waals surface area contributed by atoms with E-state index < -0.39 is 194 Å². The molecule has 3 saturated carbocycles. The molecule has 28 heteroatoms. The Morgan fingerprint density at radius 1 is 0.576 bits per heavy atom. The van der Waals surface area contributed by atoms with Crippen molar-refractivity contribution in [1.29, 1.82) is 0 Å². The molecule has 0 radical (unpaired) electrons. The van der Waals surface area contributed by atoms with Gasteiger partial charge in [-0.1, -0.05) is 46.3 Å². The minimum atomic E-state index is -4.88. The number of hydrogen-bond acceptors (Lipinski definition) is 26. The van der Waals surface area contributed by atoms with Crippen molar-refractivity contribution in [3.05, 3.63) is 11.6 Å². The van der Waals surface area contributed by atoms with Crippen molar-refractivity contribution >= 4 is 16.2 Å². The Morgan fingerprint density at radius 2 is 1.09 bits per heavy atom. The first-order valence-corrected chi connectivity index (χ1v) is 31.7. The van der Waals surface area contributed by atoms with Crippen LogP contribution in [0, 0.1) is 46.3 Å². The Bertz CT molecular complexity index is 2410. The highest BCUT2D eigenvalue weighted by Crippen LogP contribution is 2.67. The summed E-state index contributed by atoms with van der Waals surface area (Å²) in [5, 5.41) is 134. The van der Waals surface area contributed by atoms with E-state index in [0.717, 1.165) is 19.3 Å². The second-order valence-electron chi connectivity index (χ2n) is 26.8. The van der Waals surface area contributed by atoms with Gasteiger partial charge in [0.15, 0.2) is 31.5 Å². The molecule has 27 nitrogen and oxygen atoms in total. The van der Waals surface area contributed by atoms with Crippen LogP contribution in [0.15, 0.2) is 11.6 Å². The molecule has 8 fully saturated rings. The van der Waals surface area contributed by atoms with Gasteiger partial charge in [0.2, 0.25) is 0 Å². The molecule has 13 N–H and O–H groups in total. The number of Topliss-reactive ketones (excluding diaryl/α,β-unsaturated/α-hetero) is 1. The summed E-state index contributed by atoms with van der Waals surface area (Å²) in [7, 11) is -4.88. The van der Waals surface area contributed by atoms with Crippen LogP contribution in [0.3, 0.4) is 0 Å². The number of aliphatic hydroxyl groups is 12. The maximum atomic E-state index is 13.2. The van der Waals surface area contributed by atoms with Gasteiger partial charge in [-0.2, -0.15) is 8.42 Å². The van der Waals surface area contributed by atoms with Crippen molar-refractivity contribution in [2.75, 3.05) is 6.61 Å². The highest BCUT2D eigenvalue weighted by atomic mass is 32.3. The maximum absolute atomic E-state index is 13.2. The van der Waals surface area contributed by atoms with Crippen LogP contribution in [-0.4, -0.2) is 252 Å². The minimum absolute atomic E-state index is 0.0683. The predicted molar refractivity (Wildman–Crippen MR) is 289 cm³/mol. The molecule has 0 aromatic carbocycles. The molecule has 0 bridgehead atoms. The first kappa shape index (κ1) is 67.8. The number of ether oxygens (including phenoxy) is 10. The SMILES string of the molecule is CC(C)CC(=O)CC(C)[C@H]1CCC2C3C[C@H](OC4OC(CO)C(O)C(OC5OC(C)C(OC6OC(C)C(O)C(O)C6OC6OC(C)C(O)C(O)C6O)C(O)C5OC5OC(C)C(O)C(O)C5O)C4O)C4C[C@@H](OS(=O)(=O)O)CC[C@]4(C)C3=CC[C@@]21C. The summed E-state index contributed by atoms with van der Waals surface area (Å²) < 4.78 is 101. The molecule has 5 saturated heterocycles. The zero-order chi connectivity index (χ0) is 62.3. The third kappa shape index (κ3) is 13.5. The molecule has 0 amide bonds. The minimum Gasteiger partial charge on any atom is -0.394 e. The molecule has 4 aliphatic carbocycles. The number of fused-ring (bicyclic) bond motifs is 5. The van der Waals surface area contributed by atoms with Crippen molar-refractivity contribution in [1.82, 2.24) is 0 Å². The second kappa shape index (κ2) is 26.6. The van der Waals surface area contributed by atoms with E-state index in [9.17, 15) is 79.0 Å². The second-order valence-corrected chi connectivity index (χ2v) is 27.8. The van der Waals surface area contributed by atoms with Crippen LogP contribution >= 0.6 is 0 Å². The Hall–Kier alpha value is -1.60. The van der Waals surface area contributed by atoms with E-state index in [-0.39, 0.29) is 53.6 Å². The first-order chi connectivity index (χ1) is 39.8. The molecule has 29 unspecified atom stereocenters. The van der Waals surface area contributed by atoms with Gasteiger partial charge in [0.25, 0.3) is 0 Å². The van der Waals surface area contributed by atoms with Crippen LogP contribution in [0.4, 0.5) is 0 Å². The monoisotopic (exact) mass is 1240 g/mol. The Kier molecular flexibility index (Phi) is 21.2. The molecular weight excluding hydrogens is 1150 g/mol. The molecule has 0 aromatic heterocycles. The zero-order valence-electron chi connectivity index (χ0n) is 49.6. The Labute approximate surface area is 495 Å². The summed E-state index contributed by atoms with van der Waals surface area (Å²) in [6.07, 6.45) is -36.7. The largest absolute Gasteiger partial charge is 0.397 e. The first-order valence-electron chi connectivity index (χ1n) is 30.3. The van der Waals surface area contributed by atoms with Gasteiger partial charge in [0.05, 0.1) is 43.2 Å². The average molecular weight is 1240 g/mol. The third-order valence-electron chi connectivity index (χ3n) is 20.6. The fraction of sp³-hybridized carbons (Fsp3) is 0.947. The van der Waals surface area contributed by atoms with Gasteiger partial charge >= 0.3 is 10.4 Å². The van der Waals surface area contributed by atoms with Crippen LogP contribution < -0.4 is 0 Å². The summed E-state index contributed by atoms with van der Waals surface area (Å²) in [5.74, 6) is 0.408. The van der Waals surface area contributed by atoms with Crippen molar-refractivity contribution in [3.63, 3.8) is 0 Å². The fourth-order valence-electron chi connectivity index (χ4n) is 16.0. The van der Waals surface area contributed by atoms with Gasteiger partial charge in [-0.05, 0) is 119 Å². The number of aliphatic hydroxyl groups excluding tert-OH is 12. The van der Waals surface area contributed by atoms with Crippen LogP contribution in [0.1, 0.15) is 120 Å². The standard InChI is InChI=1S/C57H94O27S/c1-21(2)16-27(59)17-22(3)30-10-11-31-29-19-34(33-18-28(84-85(71,72)73)12-14-57(33,9)32(29)13-15-56(30,31)8)78-53-46(70)48(39(63)35(20-58)79-53)81-55-50(83-52-44(68)41(65)37(61)24(5)75-52)45(69)47(26(7)77-55)80-54-49(42(66)38(62)25(6)76-54)82-51-43(67)40(64)36(60)23(4)74-51/h13,21-26,28-31,33-55,58,60-70H,10-12,14-20H2,1-9H3,(H,71,72,73)/t22?,23?,24?,25?,26?,28-,29?,30+,31?,33?,34-,35?,36?,37?,38?,39?,40?,41?,42?,43?,44?,45?,46?,47?,48?,49?,50?,51?,52?,53?,54?,55?,56+,57+/m0/s1. The van der Waals surface area contributed by atoms with E-state index in [2.05, 4.69) is 26.8 Å². The number of ketones is 1. The number of carbonyl (C=O) groups excluding carboxylic acids is 1. The molecular formula is C57H94O27S. The molecule has 85 heavy (non-hydrogen) atoms. The lowest BCUT2D eigenvalue weighted by Crippen LogP contribution is -2.68. The molecule has 0 aromatic rings.